The standard InChI is InChI=1S/C14H20F3NO/c1-13(2,19-4)12(18-3)9-10-5-7-11(8-6-10)14(15,16)17/h5-8,12,18H,9H2,1-4H3. The van der Waals surface area contributed by atoms with Crippen LogP contribution < -0.4 is 5.32 Å². The molecule has 0 radical (unpaired) electrons. The fraction of sp³-hybridized carbons (Fsp3) is 0.571. The molecule has 2 nitrogen and oxygen atoms in total. The Kier molecular flexibility index (Phi) is 4.98. The SMILES string of the molecule is CNC(Cc1ccc(C(F)(F)F)cc1)C(C)(C)OC. The summed E-state index contributed by atoms with van der Waals surface area (Å²) in [5.41, 5.74) is -0.169. The van der Waals surface area contributed by atoms with Crippen LogP contribution in [-0.2, 0) is 17.3 Å². The van der Waals surface area contributed by atoms with E-state index in [9.17, 15) is 13.2 Å². The first-order valence-corrected chi connectivity index (χ1v) is 6.09. The van der Waals surface area contributed by atoms with E-state index in [0.29, 0.717) is 6.42 Å². The zero-order chi connectivity index (χ0) is 14.7. The summed E-state index contributed by atoms with van der Waals surface area (Å²) < 4.78 is 42.8. The van der Waals surface area contributed by atoms with Crippen LogP contribution in [0.2, 0.25) is 0 Å². The van der Waals surface area contributed by atoms with Crippen molar-refractivity contribution in [3.8, 4) is 0 Å². The largest absolute Gasteiger partial charge is 0.416 e. The molecule has 0 heterocycles. The Morgan fingerprint density at radius 2 is 1.68 bits per heavy atom. The van der Waals surface area contributed by atoms with Crippen LogP contribution >= 0.6 is 0 Å². The summed E-state index contributed by atoms with van der Waals surface area (Å²) >= 11 is 0. The summed E-state index contributed by atoms with van der Waals surface area (Å²) in [6.07, 6.45) is -3.68. The Morgan fingerprint density at radius 3 is 2.05 bits per heavy atom. The van der Waals surface area contributed by atoms with Crippen LogP contribution in [0, 0.1) is 0 Å². The van der Waals surface area contributed by atoms with Crippen LogP contribution in [0.15, 0.2) is 24.3 Å². The summed E-state index contributed by atoms with van der Waals surface area (Å²) in [5, 5.41) is 3.14. The topological polar surface area (TPSA) is 21.3 Å². The van der Waals surface area contributed by atoms with E-state index in [2.05, 4.69) is 5.32 Å². The maximum Gasteiger partial charge on any atom is 0.416 e. The Morgan fingerprint density at radius 1 is 1.16 bits per heavy atom. The van der Waals surface area contributed by atoms with E-state index in [-0.39, 0.29) is 6.04 Å². The Bertz CT molecular complexity index is 398. The number of alkyl halides is 3. The maximum atomic E-state index is 12.5. The minimum absolute atomic E-state index is 0.0224. The van der Waals surface area contributed by atoms with Crippen LogP contribution in [0.5, 0.6) is 0 Å². The van der Waals surface area contributed by atoms with Gasteiger partial charge in [-0.2, -0.15) is 13.2 Å². The Balaban J connectivity index is 2.82. The van der Waals surface area contributed by atoms with E-state index in [1.165, 1.54) is 12.1 Å². The molecule has 0 fully saturated rings. The van der Waals surface area contributed by atoms with Gasteiger partial charge in [-0.1, -0.05) is 12.1 Å². The van der Waals surface area contributed by atoms with Gasteiger partial charge >= 0.3 is 6.18 Å². The molecule has 1 unspecified atom stereocenters. The molecule has 0 aliphatic rings. The average molecular weight is 275 g/mol. The second kappa shape index (κ2) is 5.92. The van der Waals surface area contributed by atoms with E-state index >= 15 is 0 Å². The van der Waals surface area contributed by atoms with Gasteiger partial charge in [-0.3, -0.25) is 0 Å². The average Bonchev–Trinajstić information content (AvgIpc) is 2.35. The summed E-state index contributed by atoms with van der Waals surface area (Å²) in [5.74, 6) is 0. The molecule has 1 aromatic rings. The van der Waals surface area contributed by atoms with Crippen molar-refractivity contribution in [3.63, 3.8) is 0 Å². The van der Waals surface area contributed by atoms with Crippen molar-refractivity contribution in [1.82, 2.24) is 5.32 Å². The van der Waals surface area contributed by atoms with Crippen molar-refractivity contribution in [2.75, 3.05) is 14.2 Å². The maximum absolute atomic E-state index is 12.5. The van der Waals surface area contributed by atoms with Crippen molar-refractivity contribution in [3.05, 3.63) is 35.4 Å². The number of rotatable bonds is 5. The lowest BCUT2D eigenvalue weighted by atomic mass is 9.92. The van der Waals surface area contributed by atoms with Gasteiger partial charge in [-0.05, 0) is 45.0 Å². The lowest BCUT2D eigenvalue weighted by Gasteiger charge is -2.33. The zero-order valence-corrected chi connectivity index (χ0v) is 11.6. The van der Waals surface area contributed by atoms with Gasteiger partial charge in [0.05, 0.1) is 11.2 Å². The van der Waals surface area contributed by atoms with Gasteiger partial charge in [0.2, 0.25) is 0 Å². The molecule has 5 heteroatoms. The minimum Gasteiger partial charge on any atom is -0.377 e. The molecular weight excluding hydrogens is 255 g/mol. The first kappa shape index (κ1) is 16.0. The highest BCUT2D eigenvalue weighted by Crippen LogP contribution is 2.29. The smallest absolute Gasteiger partial charge is 0.377 e. The number of hydrogen-bond acceptors (Lipinski definition) is 2. The fourth-order valence-electron chi connectivity index (χ4n) is 1.90. The van der Waals surface area contributed by atoms with Gasteiger partial charge < -0.3 is 10.1 Å². The van der Waals surface area contributed by atoms with Crippen LogP contribution in [0.4, 0.5) is 13.2 Å². The lowest BCUT2D eigenvalue weighted by molar-refractivity contribution is -0.137. The number of ether oxygens (including phenoxy) is 1. The number of nitrogens with one attached hydrogen (secondary N) is 1. The van der Waals surface area contributed by atoms with Crippen LogP contribution in [-0.4, -0.2) is 25.8 Å². The molecule has 0 aliphatic carbocycles. The molecule has 0 saturated heterocycles. The Labute approximate surface area is 112 Å². The molecule has 0 spiro atoms. The molecule has 0 saturated carbocycles. The number of likely N-dealkylation sites (N-methyl/N-ethyl adjacent to an activating group) is 1. The third kappa shape index (κ3) is 4.21. The van der Waals surface area contributed by atoms with Gasteiger partial charge in [0, 0.05) is 13.2 Å². The molecule has 1 aromatic carbocycles. The van der Waals surface area contributed by atoms with Gasteiger partial charge in [-0.15, -0.1) is 0 Å². The van der Waals surface area contributed by atoms with Gasteiger partial charge in [0.1, 0.15) is 0 Å². The fourth-order valence-corrected chi connectivity index (χ4v) is 1.90. The van der Waals surface area contributed by atoms with Crippen molar-refractivity contribution >= 4 is 0 Å². The van der Waals surface area contributed by atoms with Crippen LogP contribution in [0.3, 0.4) is 0 Å². The molecule has 1 atom stereocenters. The first-order chi connectivity index (χ1) is 8.70. The van der Waals surface area contributed by atoms with Gasteiger partial charge in [-0.25, -0.2) is 0 Å². The van der Waals surface area contributed by atoms with E-state index < -0.39 is 17.3 Å². The monoisotopic (exact) mass is 275 g/mol. The third-order valence-electron chi connectivity index (χ3n) is 3.43. The van der Waals surface area contributed by atoms with Crippen LogP contribution in [0.1, 0.15) is 25.0 Å². The third-order valence-corrected chi connectivity index (χ3v) is 3.43. The second-order valence-corrected chi connectivity index (χ2v) is 5.05. The number of methoxy groups -OCH3 is 1. The van der Waals surface area contributed by atoms with E-state index in [0.717, 1.165) is 17.7 Å². The number of hydrogen-bond donors (Lipinski definition) is 1. The van der Waals surface area contributed by atoms with Gasteiger partial charge in [0.15, 0.2) is 0 Å². The number of halogens is 3. The summed E-state index contributed by atoms with van der Waals surface area (Å²) in [7, 11) is 3.44. The van der Waals surface area contributed by atoms with Crippen molar-refractivity contribution in [2.24, 2.45) is 0 Å². The van der Waals surface area contributed by atoms with E-state index in [1.807, 2.05) is 20.9 Å². The highest BCUT2D eigenvalue weighted by molar-refractivity contribution is 5.25. The molecular formula is C14H20F3NO. The molecule has 0 aliphatic heterocycles. The predicted octanol–water partition coefficient (Wildman–Crippen LogP) is 3.26. The zero-order valence-electron chi connectivity index (χ0n) is 11.6. The van der Waals surface area contributed by atoms with E-state index in [1.54, 1.807) is 7.11 Å². The van der Waals surface area contributed by atoms with Gasteiger partial charge in [0.25, 0.3) is 0 Å². The quantitative estimate of drug-likeness (QED) is 0.890. The summed E-state index contributed by atoms with van der Waals surface area (Å²) in [4.78, 5) is 0. The molecule has 108 valence electrons. The lowest BCUT2D eigenvalue weighted by Crippen LogP contribution is -2.48. The minimum atomic E-state index is -4.28. The van der Waals surface area contributed by atoms with Crippen molar-refractivity contribution < 1.29 is 17.9 Å². The van der Waals surface area contributed by atoms with Crippen molar-refractivity contribution in [1.29, 1.82) is 0 Å². The van der Waals surface area contributed by atoms with E-state index in [4.69, 9.17) is 4.74 Å². The normalized spacial score (nSPS) is 14.5. The Hall–Kier alpha value is -1.07. The summed E-state index contributed by atoms with van der Waals surface area (Å²) in [6.45, 7) is 3.89. The predicted molar refractivity (Wildman–Crippen MR) is 69.1 cm³/mol. The summed E-state index contributed by atoms with van der Waals surface area (Å²) in [6, 6.07) is 5.27. The molecule has 0 aromatic heterocycles. The first-order valence-electron chi connectivity index (χ1n) is 6.09. The second-order valence-electron chi connectivity index (χ2n) is 5.05. The van der Waals surface area contributed by atoms with Crippen molar-refractivity contribution in [2.45, 2.75) is 38.1 Å². The molecule has 19 heavy (non-hydrogen) atoms. The highest BCUT2D eigenvalue weighted by atomic mass is 19.4. The van der Waals surface area contributed by atoms with Crippen LogP contribution in [0.25, 0.3) is 0 Å². The molecule has 1 rings (SSSR count). The molecule has 0 bridgehead atoms. The molecule has 1 N–H and O–H groups in total. The molecule has 0 amide bonds. The highest BCUT2D eigenvalue weighted by Gasteiger charge is 2.31. The number of benzene rings is 1.